The van der Waals surface area contributed by atoms with Crippen LogP contribution in [0.15, 0.2) is 12.4 Å². The van der Waals surface area contributed by atoms with Crippen LogP contribution in [-0.4, -0.2) is 22.5 Å². The van der Waals surface area contributed by atoms with Crippen LogP contribution in [-0.2, 0) is 11.3 Å². The molecule has 0 aliphatic carbocycles. The molecule has 72 valence electrons. The third-order valence-corrected chi connectivity index (χ3v) is 1.48. The van der Waals surface area contributed by atoms with Crippen LogP contribution < -0.4 is 5.32 Å². The Morgan fingerprint density at radius 3 is 3.00 bits per heavy atom. The van der Waals surface area contributed by atoms with Crippen LogP contribution in [0.2, 0.25) is 0 Å². The van der Waals surface area contributed by atoms with E-state index in [-0.39, 0.29) is 0 Å². The number of aryl methyl sites for hydroxylation is 1. The zero-order chi connectivity index (χ0) is 9.68. The first-order valence-corrected chi connectivity index (χ1v) is 4.22. The molecule has 1 aromatic rings. The van der Waals surface area contributed by atoms with E-state index >= 15 is 0 Å². The summed E-state index contributed by atoms with van der Waals surface area (Å²) in [4.78, 5) is 10.9. The van der Waals surface area contributed by atoms with Crippen LogP contribution in [0.5, 0.6) is 0 Å². The number of carbonyl (C=O) groups excluding carboxylic acids is 1. The van der Waals surface area contributed by atoms with E-state index in [1.165, 1.54) is 0 Å². The topological polar surface area (TPSA) is 56.1 Å². The number of nitrogens with one attached hydrogen (secondary N) is 1. The summed E-state index contributed by atoms with van der Waals surface area (Å²) in [6.45, 7) is 4.88. The third-order valence-electron chi connectivity index (χ3n) is 1.48. The summed E-state index contributed by atoms with van der Waals surface area (Å²) >= 11 is 0. The quantitative estimate of drug-likeness (QED) is 0.772. The number of aromatic nitrogens is 2. The van der Waals surface area contributed by atoms with E-state index in [1.54, 1.807) is 24.0 Å². The summed E-state index contributed by atoms with van der Waals surface area (Å²) in [7, 11) is 0. The van der Waals surface area contributed by atoms with Gasteiger partial charge in [-0.25, -0.2) is 4.79 Å². The summed E-state index contributed by atoms with van der Waals surface area (Å²) in [5.74, 6) is 0. The molecule has 0 spiro atoms. The maximum Gasteiger partial charge on any atom is 0.411 e. The monoisotopic (exact) mass is 183 g/mol. The molecule has 0 aromatic carbocycles. The molecule has 1 amide bonds. The lowest BCUT2D eigenvalue weighted by molar-refractivity contribution is 0.168. The lowest BCUT2D eigenvalue weighted by Crippen LogP contribution is -2.12. The number of anilines is 1. The summed E-state index contributed by atoms with van der Waals surface area (Å²) in [5, 5.41) is 6.55. The summed E-state index contributed by atoms with van der Waals surface area (Å²) in [6, 6.07) is 0. The standard InChI is InChI=1S/C8H13N3O2/c1-3-11-6-7(5-9-11)10-8(12)13-4-2/h5-6H,3-4H2,1-2H3,(H,10,12). The smallest absolute Gasteiger partial charge is 0.411 e. The fourth-order valence-corrected chi connectivity index (χ4v) is 0.886. The zero-order valence-electron chi connectivity index (χ0n) is 7.78. The molecule has 13 heavy (non-hydrogen) atoms. The summed E-state index contributed by atoms with van der Waals surface area (Å²) in [5.41, 5.74) is 0.653. The Kier molecular flexibility index (Phi) is 3.31. The van der Waals surface area contributed by atoms with E-state index in [2.05, 4.69) is 10.4 Å². The van der Waals surface area contributed by atoms with E-state index in [4.69, 9.17) is 4.74 Å². The van der Waals surface area contributed by atoms with Gasteiger partial charge in [0, 0.05) is 12.7 Å². The minimum Gasteiger partial charge on any atom is -0.450 e. The lowest BCUT2D eigenvalue weighted by Gasteiger charge is -2.00. The van der Waals surface area contributed by atoms with Crippen LogP contribution in [0.3, 0.4) is 0 Å². The number of amides is 1. The van der Waals surface area contributed by atoms with E-state index in [0.717, 1.165) is 6.54 Å². The zero-order valence-corrected chi connectivity index (χ0v) is 7.78. The lowest BCUT2D eigenvalue weighted by atomic mass is 10.6. The van der Waals surface area contributed by atoms with Gasteiger partial charge in [0.15, 0.2) is 0 Å². The van der Waals surface area contributed by atoms with Crippen LogP contribution in [0.4, 0.5) is 10.5 Å². The molecule has 5 heteroatoms. The Bertz CT molecular complexity index is 283. The Morgan fingerprint density at radius 1 is 1.69 bits per heavy atom. The van der Waals surface area contributed by atoms with Gasteiger partial charge in [0.2, 0.25) is 0 Å². The number of ether oxygens (including phenoxy) is 1. The van der Waals surface area contributed by atoms with Gasteiger partial charge in [-0.1, -0.05) is 0 Å². The van der Waals surface area contributed by atoms with Crippen molar-refractivity contribution in [1.29, 1.82) is 0 Å². The molecule has 0 radical (unpaired) electrons. The van der Waals surface area contributed by atoms with E-state index in [1.807, 2.05) is 6.92 Å². The van der Waals surface area contributed by atoms with Crippen molar-refractivity contribution in [3.05, 3.63) is 12.4 Å². The van der Waals surface area contributed by atoms with Gasteiger partial charge in [0.25, 0.3) is 0 Å². The largest absolute Gasteiger partial charge is 0.450 e. The van der Waals surface area contributed by atoms with Crippen LogP contribution in [0, 0.1) is 0 Å². The number of hydrogen-bond acceptors (Lipinski definition) is 3. The molecule has 0 fully saturated rings. The van der Waals surface area contributed by atoms with Crippen molar-refractivity contribution in [2.75, 3.05) is 11.9 Å². The Morgan fingerprint density at radius 2 is 2.46 bits per heavy atom. The van der Waals surface area contributed by atoms with Gasteiger partial charge >= 0.3 is 6.09 Å². The van der Waals surface area contributed by atoms with Crippen molar-refractivity contribution < 1.29 is 9.53 Å². The maximum absolute atomic E-state index is 10.9. The molecule has 1 aromatic heterocycles. The SMILES string of the molecule is CCOC(=O)Nc1cnn(CC)c1. The normalized spacial score (nSPS) is 9.69. The number of nitrogens with zero attached hydrogens (tertiary/aromatic N) is 2. The van der Waals surface area contributed by atoms with Gasteiger partial charge in [0.1, 0.15) is 0 Å². The molecule has 0 saturated heterocycles. The first-order valence-electron chi connectivity index (χ1n) is 4.22. The highest BCUT2D eigenvalue weighted by Gasteiger charge is 2.02. The molecular formula is C8H13N3O2. The maximum atomic E-state index is 10.9. The van der Waals surface area contributed by atoms with Crippen molar-refractivity contribution in [1.82, 2.24) is 9.78 Å². The Balaban J connectivity index is 2.49. The van der Waals surface area contributed by atoms with E-state index in [9.17, 15) is 4.79 Å². The highest BCUT2D eigenvalue weighted by Crippen LogP contribution is 2.04. The van der Waals surface area contributed by atoms with Gasteiger partial charge in [-0.05, 0) is 13.8 Å². The predicted molar refractivity (Wildman–Crippen MR) is 48.5 cm³/mol. The van der Waals surface area contributed by atoms with E-state index in [0.29, 0.717) is 12.3 Å². The van der Waals surface area contributed by atoms with Gasteiger partial charge in [-0.3, -0.25) is 10.00 Å². The minimum absolute atomic E-state index is 0.369. The van der Waals surface area contributed by atoms with Crippen molar-refractivity contribution in [3.8, 4) is 0 Å². The third kappa shape index (κ3) is 2.77. The molecule has 5 nitrogen and oxygen atoms in total. The van der Waals surface area contributed by atoms with Gasteiger partial charge in [0.05, 0.1) is 18.5 Å². The number of carbonyl (C=O) groups is 1. The molecule has 0 aliphatic heterocycles. The average molecular weight is 183 g/mol. The molecule has 0 unspecified atom stereocenters. The Hall–Kier alpha value is -1.52. The summed E-state index contributed by atoms with van der Waals surface area (Å²) in [6.07, 6.45) is 2.88. The Labute approximate surface area is 76.7 Å². The second-order valence-corrected chi connectivity index (χ2v) is 2.43. The number of rotatable bonds is 3. The molecule has 1 heterocycles. The second kappa shape index (κ2) is 4.49. The first kappa shape index (κ1) is 9.57. The van der Waals surface area contributed by atoms with Gasteiger partial charge in [-0.15, -0.1) is 0 Å². The van der Waals surface area contributed by atoms with Crippen LogP contribution in [0.25, 0.3) is 0 Å². The molecule has 1 rings (SSSR count). The van der Waals surface area contributed by atoms with Crippen molar-refractivity contribution >= 4 is 11.8 Å². The highest BCUT2D eigenvalue weighted by atomic mass is 16.5. The fourth-order valence-electron chi connectivity index (χ4n) is 0.886. The van der Waals surface area contributed by atoms with Crippen molar-refractivity contribution in [2.45, 2.75) is 20.4 Å². The first-order chi connectivity index (χ1) is 6.26. The minimum atomic E-state index is -0.446. The predicted octanol–water partition coefficient (Wildman–Crippen LogP) is 1.47. The summed E-state index contributed by atoms with van der Waals surface area (Å²) < 4.78 is 6.43. The second-order valence-electron chi connectivity index (χ2n) is 2.43. The average Bonchev–Trinajstić information content (AvgIpc) is 2.52. The van der Waals surface area contributed by atoms with Crippen LogP contribution >= 0.6 is 0 Å². The van der Waals surface area contributed by atoms with Gasteiger partial charge < -0.3 is 4.74 Å². The molecule has 0 atom stereocenters. The molecule has 0 saturated carbocycles. The molecule has 0 bridgehead atoms. The number of hydrogen-bond donors (Lipinski definition) is 1. The fraction of sp³-hybridized carbons (Fsp3) is 0.500. The van der Waals surface area contributed by atoms with Crippen LogP contribution in [0.1, 0.15) is 13.8 Å². The van der Waals surface area contributed by atoms with Crippen molar-refractivity contribution in [2.24, 2.45) is 0 Å². The van der Waals surface area contributed by atoms with E-state index < -0.39 is 6.09 Å². The molecular weight excluding hydrogens is 170 g/mol. The van der Waals surface area contributed by atoms with Gasteiger partial charge in [-0.2, -0.15) is 5.10 Å². The van der Waals surface area contributed by atoms with Crippen molar-refractivity contribution in [3.63, 3.8) is 0 Å². The highest BCUT2D eigenvalue weighted by molar-refractivity contribution is 5.84. The molecule has 0 aliphatic rings. The molecule has 1 N–H and O–H groups in total.